The minimum atomic E-state index is -3.74. The van der Waals surface area contributed by atoms with Crippen LogP contribution in [0.3, 0.4) is 0 Å². The fourth-order valence-electron chi connectivity index (χ4n) is 12.6. The number of halogens is 7. The van der Waals surface area contributed by atoms with Crippen LogP contribution in [0.15, 0.2) is 159 Å². The van der Waals surface area contributed by atoms with Gasteiger partial charge in [-0.3, -0.25) is 46.3 Å². The van der Waals surface area contributed by atoms with Gasteiger partial charge in [0.1, 0.15) is 77.1 Å². The molecule has 4 saturated heterocycles. The van der Waals surface area contributed by atoms with E-state index in [2.05, 4.69) is 24.7 Å². The molecule has 4 aromatic heterocycles. The predicted molar refractivity (Wildman–Crippen MR) is 396 cm³/mol. The second-order valence-corrected chi connectivity index (χ2v) is 30.0. The fourth-order valence-corrected chi connectivity index (χ4v) is 15.3. The highest BCUT2D eigenvalue weighted by atomic mass is 32.2. The minimum Gasteiger partial charge on any atom is -0.486 e. The molecular weight excluding hydrogens is 1470 g/mol. The molecule has 0 saturated carbocycles. The number of anilines is 4. The average Bonchev–Trinajstić information content (AvgIpc) is 0.796. The number of nitrogens with one attached hydrogen (secondary N) is 1. The third-order valence-corrected chi connectivity index (χ3v) is 21.0. The van der Waals surface area contributed by atoms with Crippen molar-refractivity contribution < 1.29 is 67.6 Å². The van der Waals surface area contributed by atoms with E-state index in [0.29, 0.717) is 159 Å². The second kappa shape index (κ2) is 34.6. The summed E-state index contributed by atoms with van der Waals surface area (Å²) in [5.41, 5.74) is 3.36. The molecule has 25 nitrogen and oxygen atoms in total. The van der Waals surface area contributed by atoms with Crippen molar-refractivity contribution in [2.24, 2.45) is 0 Å². The SMILES string of the molecule is Cc1cc(=O)n(-c2ccc(N3CCCNS3(=O)=O)c(F)c2)c(C)n1.Cc1cc(=O)n(-c2ccc(N3CCOCC3)c(F)c2)c(COc2cc(F)cc(F)c2)n1.Cc1cc(=O)n(-c2ccc(N3CCOCC3)c(F)c2)c(COc2cccc(F)c2)n1.Cc1cc(=O)n(-c2ccc(N3CCP(=O)(O)CC3)c(F)c2)c(C)n1. The quantitative estimate of drug-likeness (QED) is 0.0757. The summed E-state index contributed by atoms with van der Waals surface area (Å²) in [6.07, 6.45) is 0.907. The molecule has 0 atom stereocenters. The van der Waals surface area contributed by atoms with Crippen LogP contribution in [0.4, 0.5) is 53.5 Å². The maximum Gasteiger partial charge on any atom is 0.301 e. The van der Waals surface area contributed by atoms with Crippen LogP contribution in [0.1, 0.15) is 52.5 Å². The molecule has 8 heterocycles. The normalized spacial score (nSPS) is 15.4. The van der Waals surface area contributed by atoms with Crippen LogP contribution in [-0.2, 0) is 37.5 Å². The summed E-state index contributed by atoms with van der Waals surface area (Å²) >= 11 is 0. The molecule has 4 aliphatic rings. The molecule has 0 unspecified atom stereocenters. The van der Waals surface area contributed by atoms with Gasteiger partial charge in [-0.15, -0.1) is 0 Å². The number of benzene rings is 6. The monoisotopic (exact) mass is 1550 g/mol. The van der Waals surface area contributed by atoms with Crippen molar-refractivity contribution >= 4 is 40.3 Å². The molecule has 0 amide bonds. The summed E-state index contributed by atoms with van der Waals surface area (Å²) in [7, 11) is -6.79. The summed E-state index contributed by atoms with van der Waals surface area (Å²) in [4.78, 5) is 81.9. The van der Waals surface area contributed by atoms with E-state index in [0.717, 1.165) is 28.6 Å². The van der Waals surface area contributed by atoms with E-state index in [1.807, 2.05) is 9.80 Å². The molecule has 2 N–H and O–H groups in total. The highest BCUT2D eigenvalue weighted by molar-refractivity contribution is 7.91. The van der Waals surface area contributed by atoms with Gasteiger partial charge in [0.2, 0.25) is 7.37 Å². The number of hydrogen-bond acceptors (Lipinski definition) is 18. The first-order valence-corrected chi connectivity index (χ1v) is 37.9. The first-order valence-electron chi connectivity index (χ1n) is 34.5. The number of aryl methyl sites for hydroxylation is 6. The molecule has 0 radical (unpaired) electrons. The smallest absolute Gasteiger partial charge is 0.301 e. The molecule has 6 aromatic carbocycles. The van der Waals surface area contributed by atoms with Crippen LogP contribution in [0.25, 0.3) is 22.7 Å². The predicted octanol–water partition coefficient (Wildman–Crippen LogP) is 9.72. The maximum atomic E-state index is 14.9. The van der Waals surface area contributed by atoms with Crippen LogP contribution in [0, 0.1) is 82.3 Å². The van der Waals surface area contributed by atoms with E-state index in [1.54, 1.807) is 88.9 Å². The van der Waals surface area contributed by atoms with Crippen molar-refractivity contribution in [2.75, 3.05) is 110 Å². The Bertz CT molecular complexity index is 5420. The molecular formula is C75H77F7N13O12PS. The number of ether oxygens (including phenoxy) is 4. The molecule has 0 spiro atoms. The first-order chi connectivity index (χ1) is 52.0. The summed E-state index contributed by atoms with van der Waals surface area (Å²) in [6, 6.07) is 31.6. The number of hydrogen-bond donors (Lipinski definition) is 2. The van der Waals surface area contributed by atoms with Crippen LogP contribution >= 0.6 is 7.37 Å². The van der Waals surface area contributed by atoms with Crippen LogP contribution < -0.4 is 55.4 Å². The number of nitrogens with zero attached hydrogens (tertiary/aromatic N) is 12. The molecule has 109 heavy (non-hydrogen) atoms. The van der Waals surface area contributed by atoms with E-state index in [1.165, 1.54) is 91.1 Å². The molecule has 4 aliphatic heterocycles. The lowest BCUT2D eigenvalue weighted by Crippen LogP contribution is -2.47. The van der Waals surface area contributed by atoms with Crippen LogP contribution in [-0.4, -0.2) is 143 Å². The lowest BCUT2D eigenvalue weighted by atomic mass is 10.2. The van der Waals surface area contributed by atoms with E-state index >= 15 is 0 Å². The first kappa shape index (κ1) is 79.2. The van der Waals surface area contributed by atoms with Crippen molar-refractivity contribution in [1.82, 2.24) is 42.9 Å². The van der Waals surface area contributed by atoms with Gasteiger partial charge < -0.3 is 38.5 Å². The van der Waals surface area contributed by atoms with Crippen molar-refractivity contribution in [3.8, 4) is 34.2 Å². The Labute approximate surface area is 621 Å². The highest BCUT2D eigenvalue weighted by Gasteiger charge is 2.30. The van der Waals surface area contributed by atoms with E-state index in [-0.39, 0.29) is 71.7 Å². The topological polar surface area (TPSA) is 273 Å². The number of morpholine rings is 2. The lowest BCUT2D eigenvalue weighted by molar-refractivity contribution is 0.122. The van der Waals surface area contributed by atoms with Gasteiger partial charge in [-0.1, -0.05) is 6.07 Å². The van der Waals surface area contributed by atoms with Crippen LogP contribution in [0.5, 0.6) is 11.5 Å². The molecule has 574 valence electrons. The fraction of sp³-hybridized carbons (Fsp3) is 0.307. The zero-order chi connectivity index (χ0) is 78.0. The zero-order valence-electron chi connectivity index (χ0n) is 60.1. The van der Waals surface area contributed by atoms with Gasteiger partial charge in [-0.05, 0) is 109 Å². The second-order valence-electron chi connectivity index (χ2n) is 25.7. The lowest BCUT2D eigenvalue weighted by Gasteiger charge is -2.31. The van der Waals surface area contributed by atoms with E-state index < -0.39 is 63.9 Å². The highest BCUT2D eigenvalue weighted by Crippen LogP contribution is 2.43. The van der Waals surface area contributed by atoms with Crippen LogP contribution in [0.2, 0.25) is 0 Å². The van der Waals surface area contributed by atoms with Gasteiger partial charge in [0.05, 0.1) is 71.9 Å². The molecule has 14 rings (SSSR count). The van der Waals surface area contributed by atoms with E-state index in [9.17, 15) is 67.8 Å². The Kier molecular flexibility index (Phi) is 25.1. The van der Waals surface area contributed by atoms with Crippen molar-refractivity contribution in [2.45, 2.75) is 61.2 Å². The standard InChI is InChI=1S/C22H20F3N3O3.C22H21F2N3O3.C16H19FN3O3P.C15H17FN4O3S/c1-14-8-22(29)28(21(26-14)13-31-18-10-15(23)9-16(24)11-18)17-2-3-20(19(25)12-17)27-4-6-30-7-5-27;1-15-11-22(28)27(21(25-15)14-30-18-4-2-3-16(23)12-18)17-5-6-20(19(24)13-17)26-7-9-29-10-8-26;1-11-9-16(21)20(12(2)18-11)13-3-4-15(14(17)10-13)19-5-7-24(22,23)8-6-19;1-10-8-15(21)20(11(2)18-10)12-4-5-14(13(16)9-12)19-7-3-6-17-24(19,22)23/h2-3,8-12H,4-7,13H2,1H3;2-6,11-13H,7-10,14H2,1H3;3-4,9-10H,5-8H2,1-2H3,(H,22,23);4-5,8-9,17H,3,6-7H2,1-2H3. The summed E-state index contributed by atoms with van der Waals surface area (Å²) in [5, 5.41) is 0. The summed E-state index contributed by atoms with van der Waals surface area (Å²) < 4.78 is 165. The Balaban J connectivity index is 0.000000145. The molecule has 4 fully saturated rings. The summed E-state index contributed by atoms with van der Waals surface area (Å²) in [6.45, 7) is 15.5. The van der Waals surface area contributed by atoms with Gasteiger partial charge in [-0.25, -0.2) is 50.7 Å². The van der Waals surface area contributed by atoms with Gasteiger partial charge in [0.15, 0.2) is 11.6 Å². The summed E-state index contributed by atoms with van der Waals surface area (Å²) in [5.74, 6) is -2.44. The van der Waals surface area contributed by atoms with Gasteiger partial charge >= 0.3 is 10.2 Å². The Morgan fingerprint density at radius 2 is 0.807 bits per heavy atom. The van der Waals surface area contributed by atoms with E-state index in [4.69, 9.17) is 18.9 Å². The largest absolute Gasteiger partial charge is 0.486 e. The molecule has 10 aromatic rings. The van der Waals surface area contributed by atoms with Crippen molar-refractivity contribution in [3.63, 3.8) is 0 Å². The third-order valence-electron chi connectivity index (χ3n) is 17.7. The van der Waals surface area contributed by atoms with Crippen molar-refractivity contribution in [1.29, 1.82) is 0 Å². The molecule has 34 heteroatoms. The van der Waals surface area contributed by atoms with Gasteiger partial charge in [0, 0.05) is 160 Å². The third kappa shape index (κ3) is 19.7. The number of aromatic nitrogens is 8. The number of rotatable bonds is 14. The molecule has 0 bridgehead atoms. The Hall–Kier alpha value is -10.8. The Morgan fingerprint density at radius 3 is 1.20 bits per heavy atom. The minimum absolute atomic E-state index is 0.0447. The maximum absolute atomic E-state index is 14.9. The zero-order valence-corrected chi connectivity index (χ0v) is 61.8. The van der Waals surface area contributed by atoms with Crippen molar-refractivity contribution in [3.05, 3.63) is 268 Å². The molecule has 0 aliphatic carbocycles. The van der Waals surface area contributed by atoms with Gasteiger partial charge in [0.25, 0.3) is 22.2 Å². The van der Waals surface area contributed by atoms with Gasteiger partial charge in [-0.2, -0.15) is 13.1 Å². The average molecular weight is 1550 g/mol. The Morgan fingerprint density at radius 1 is 0.440 bits per heavy atom.